The Morgan fingerprint density at radius 2 is 1.75 bits per heavy atom. The molecule has 0 fully saturated rings. The lowest BCUT2D eigenvalue weighted by Crippen LogP contribution is -2.36. The lowest BCUT2D eigenvalue weighted by molar-refractivity contribution is 0.0764. The molecule has 0 aliphatic heterocycles. The average Bonchev–Trinajstić information content (AvgIpc) is 2.69. The zero-order valence-corrected chi connectivity index (χ0v) is 16.3. The maximum Gasteiger partial charge on any atom is 0.278 e. The molecule has 6 nitrogen and oxygen atoms in total. The van der Waals surface area contributed by atoms with Gasteiger partial charge < -0.3 is 9.64 Å². The van der Waals surface area contributed by atoms with Gasteiger partial charge in [-0.2, -0.15) is 5.10 Å². The van der Waals surface area contributed by atoms with Crippen LogP contribution < -0.4 is 10.2 Å². The van der Waals surface area contributed by atoms with Gasteiger partial charge in [0.1, 0.15) is 12.4 Å². The molecule has 1 amide bonds. The van der Waals surface area contributed by atoms with Crippen molar-refractivity contribution >= 4 is 5.91 Å². The second-order valence-electron chi connectivity index (χ2n) is 6.63. The van der Waals surface area contributed by atoms with Crippen LogP contribution in [-0.4, -0.2) is 40.8 Å². The second kappa shape index (κ2) is 8.52. The van der Waals surface area contributed by atoms with Crippen LogP contribution >= 0.6 is 0 Å². The highest BCUT2D eigenvalue weighted by Gasteiger charge is 2.19. The molecule has 0 bridgehead atoms. The van der Waals surface area contributed by atoms with Gasteiger partial charge in [0.25, 0.3) is 5.91 Å². The van der Waals surface area contributed by atoms with Crippen molar-refractivity contribution in [2.45, 2.75) is 13.8 Å². The highest BCUT2D eigenvalue weighted by molar-refractivity contribution is 5.91. The molecule has 1 heterocycles. The first kappa shape index (κ1) is 19.4. The second-order valence-corrected chi connectivity index (χ2v) is 6.63. The molecule has 144 valence electrons. The molecule has 0 N–H and O–H groups in total. The molecule has 0 aliphatic carbocycles. The summed E-state index contributed by atoms with van der Waals surface area (Å²) in [6.07, 6.45) is 0. The Morgan fingerprint density at radius 3 is 2.43 bits per heavy atom. The molecule has 1 aromatic heterocycles. The van der Waals surface area contributed by atoms with Crippen molar-refractivity contribution in [1.29, 1.82) is 0 Å². The van der Waals surface area contributed by atoms with E-state index in [1.165, 1.54) is 11.0 Å². The summed E-state index contributed by atoms with van der Waals surface area (Å²) in [4.78, 5) is 26.5. The Hall–Kier alpha value is -3.41. The minimum Gasteiger partial charge on any atom is -0.492 e. The van der Waals surface area contributed by atoms with Gasteiger partial charge >= 0.3 is 0 Å². The molecule has 0 aliphatic rings. The summed E-state index contributed by atoms with van der Waals surface area (Å²) in [5.41, 5.74) is 2.12. The molecule has 3 rings (SSSR count). The summed E-state index contributed by atoms with van der Waals surface area (Å²) in [7, 11) is 1.63. The highest BCUT2D eigenvalue weighted by Crippen LogP contribution is 2.11. The van der Waals surface area contributed by atoms with E-state index >= 15 is 0 Å². The van der Waals surface area contributed by atoms with Gasteiger partial charge in [-0.05, 0) is 38.1 Å². The fourth-order valence-corrected chi connectivity index (χ4v) is 2.74. The third kappa shape index (κ3) is 4.46. The summed E-state index contributed by atoms with van der Waals surface area (Å²) in [5.74, 6) is 0.313. The number of aryl methyl sites for hydroxylation is 2. The molecule has 0 unspecified atom stereocenters. The fourth-order valence-electron chi connectivity index (χ4n) is 2.74. The zero-order valence-electron chi connectivity index (χ0n) is 16.3. The van der Waals surface area contributed by atoms with E-state index in [1.807, 2.05) is 61.5 Å². The first-order valence-corrected chi connectivity index (χ1v) is 9.07. The quantitative estimate of drug-likeness (QED) is 0.662. The Bertz CT molecular complexity index is 1010. The van der Waals surface area contributed by atoms with Crippen LogP contribution in [0.3, 0.4) is 0 Å². The van der Waals surface area contributed by atoms with Crippen molar-refractivity contribution in [3.63, 3.8) is 0 Å². The minimum absolute atomic E-state index is 0.104. The predicted octanol–water partition coefficient (Wildman–Crippen LogP) is 3.00. The number of rotatable bonds is 6. The summed E-state index contributed by atoms with van der Waals surface area (Å²) in [6.45, 7) is 4.46. The van der Waals surface area contributed by atoms with E-state index in [9.17, 15) is 9.59 Å². The number of likely N-dealkylation sites (N-methyl/N-ethyl adjacent to an activating group) is 1. The monoisotopic (exact) mass is 377 g/mol. The highest BCUT2D eigenvalue weighted by atomic mass is 16.5. The van der Waals surface area contributed by atoms with Crippen molar-refractivity contribution in [2.75, 3.05) is 20.2 Å². The number of carbonyl (C=O) groups is 1. The molecular weight excluding hydrogens is 354 g/mol. The standard InChI is InChI=1S/C22H23N3O3/c1-16-9-11-19(12-10-16)28-14-13-24(3)22(27)21-20(26)15-17(2)25(23-21)18-7-5-4-6-8-18/h4-12,15H,13-14H2,1-3H3. The number of carbonyl (C=O) groups excluding carboxylic acids is 1. The van der Waals surface area contributed by atoms with E-state index in [2.05, 4.69) is 5.10 Å². The fraction of sp³-hybridized carbons (Fsp3) is 0.227. The van der Waals surface area contributed by atoms with Crippen LogP contribution in [0.5, 0.6) is 5.75 Å². The number of nitrogens with zero attached hydrogens (tertiary/aromatic N) is 3. The normalized spacial score (nSPS) is 10.5. The molecule has 0 spiro atoms. The Kier molecular flexibility index (Phi) is 5.89. The number of para-hydroxylation sites is 1. The van der Waals surface area contributed by atoms with Crippen LogP contribution in [0.25, 0.3) is 5.69 Å². The van der Waals surface area contributed by atoms with Gasteiger partial charge in [0.2, 0.25) is 5.43 Å². The Morgan fingerprint density at radius 1 is 1.07 bits per heavy atom. The Balaban J connectivity index is 1.72. The van der Waals surface area contributed by atoms with Gasteiger partial charge in [-0.15, -0.1) is 0 Å². The molecule has 2 aromatic carbocycles. The van der Waals surface area contributed by atoms with Crippen molar-refractivity contribution in [2.24, 2.45) is 0 Å². The summed E-state index contributed by atoms with van der Waals surface area (Å²) in [6, 6.07) is 18.5. The van der Waals surface area contributed by atoms with E-state index in [4.69, 9.17) is 4.74 Å². The summed E-state index contributed by atoms with van der Waals surface area (Å²) < 4.78 is 7.26. The number of benzene rings is 2. The van der Waals surface area contributed by atoms with Gasteiger partial charge in [0, 0.05) is 18.8 Å². The van der Waals surface area contributed by atoms with E-state index in [0.717, 1.165) is 17.0 Å². The van der Waals surface area contributed by atoms with Crippen molar-refractivity contribution in [3.8, 4) is 11.4 Å². The minimum atomic E-state index is -0.429. The first-order chi connectivity index (χ1) is 13.5. The van der Waals surface area contributed by atoms with E-state index in [1.54, 1.807) is 18.7 Å². The van der Waals surface area contributed by atoms with Crippen LogP contribution in [0.15, 0.2) is 65.5 Å². The van der Waals surface area contributed by atoms with Crippen molar-refractivity contribution in [1.82, 2.24) is 14.7 Å². The Labute approximate surface area is 164 Å². The first-order valence-electron chi connectivity index (χ1n) is 9.07. The number of ether oxygens (including phenoxy) is 1. The molecule has 0 saturated carbocycles. The summed E-state index contributed by atoms with van der Waals surface area (Å²) >= 11 is 0. The number of hydrogen-bond acceptors (Lipinski definition) is 4. The topological polar surface area (TPSA) is 64.4 Å². The average molecular weight is 377 g/mol. The maximum absolute atomic E-state index is 12.7. The lowest BCUT2D eigenvalue weighted by atomic mass is 10.2. The molecule has 0 saturated heterocycles. The van der Waals surface area contributed by atoms with E-state index in [0.29, 0.717) is 18.8 Å². The summed E-state index contributed by atoms with van der Waals surface area (Å²) in [5, 5.41) is 4.31. The number of hydrogen-bond donors (Lipinski definition) is 0. The largest absolute Gasteiger partial charge is 0.492 e. The van der Waals surface area contributed by atoms with Crippen LogP contribution in [0.4, 0.5) is 0 Å². The van der Waals surface area contributed by atoms with Crippen LogP contribution in [0.2, 0.25) is 0 Å². The number of amides is 1. The van der Waals surface area contributed by atoms with Crippen molar-refractivity contribution in [3.05, 3.63) is 87.8 Å². The van der Waals surface area contributed by atoms with Gasteiger partial charge in [-0.1, -0.05) is 35.9 Å². The predicted molar refractivity (Wildman–Crippen MR) is 108 cm³/mol. The van der Waals surface area contributed by atoms with Crippen molar-refractivity contribution < 1.29 is 9.53 Å². The molecule has 3 aromatic rings. The van der Waals surface area contributed by atoms with Gasteiger partial charge in [0.05, 0.1) is 12.2 Å². The zero-order chi connectivity index (χ0) is 20.1. The third-order valence-corrected chi connectivity index (χ3v) is 4.37. The smallest absolute Gasteiger partial charge is 0.278 e. The molecule has 6 heteroatoms. The third-order valence-electron chi connectivity index (χ3n) is 4.37. The van der Waals surface area contributed by atoms with E-state index in [-0.39, 0.29) is 11.1 Å². The van der Waals surface area contributed by atoms with E-state index < -0.39 is 5.91 Å². The number of aromatic nitrogens is 2. The van der Waals surface area contributed by atoms with Crippen LogP contribution in [0, 0.1) is 13.8 Å². The van der Waals surface area contributed by atoms with Gasteiger partial charge in [-0.25, -0.2) is 4.68 Å². The molecule has 0 atom stereocenters. The van der Waals surface area contributed by atoms with Gasteiger partial charge in [0.15, 0.2) is 5.69 Å². The maximum atomic E-state index is 12.7. The molecule has 28 heavy (non-hydrogen) atoms. The lowest BCUT2D eigenvalue weighted by Gasteiger charge is -2.18. The molecule has 0 radical (unpaired) electrons. The van der Waals surface area contributed by atoms with Crippen LogP contribution in [0.1, 0.15) is 21.7 Å². The van der Waals surface area contributed by atoms with Gasteiger partial charge in [-0.3, -0.25) is 9.59 Å². The molecular formula is C22H23N3O3. The van der Waals surface area contributed by atoms with Crippen LogP contribution in [-0.2, 0) is 0 Å². The SMILES string of the molecule is Cc1ccc(OCCN(C)C(=O)c2nn(-c3ccccc3)c(C)cc2=O)cc1.